The van der Waals surface area contributed by atoms with Crippen LogP contribution in [0.5, 0.6) is 5.75 Å². The molecule has 0 saturated heterocycles. The van der Waals surface area contributed by atoms with Crippen molar-refractivity contribution in [1.82, 2.24) is 5.32 Å². The van der Waals surface area contributed by atoms with E-state index in [9.17, 15) is 9.90 Å². The first-order valence-corrected chi connectivity index (χ1v) is 7.75. The molecule has 0 saturated carbocycles. The number of nitrogens with two attached hydrogens (primary N) is 2. The van der Waals surface area contributed by atoms with Crippen molar-refractivity contribution in [2.24, 2.45) is 16.5 Å². The van der Waals surface area contributed by atoms with Gasteiger partial charge in [0.1, 0.15) is 11.6 Å². The molecule has 0 atom stereocenters. The summed E-state index contributed by atoms with van der Waals surface area (Å²) in [4.78, 5) is 16.2. The lowest BCUT2D eigenvalue weighted by molar-refractivity contribution is 0.0977. The highest BCUT2D eigenvalue weighted by Gasteiger charge is 2.10. The van der Waals surface area contributed by atoms with Crippen LogP contribution in [0.15, 0.2) is 65.7 Å². The van der Waals surface area contributed by atoms with Gasteiger partial charge in [-0.25, -0.2) is 4.99 Å². The molecular weight excluding hydrogens is 330 g/mol. The van der Waals surface area contributed by atoms with Crippen LogP contribution in [0.25, 0.3) is 10.8 Å². The number of aromatic hydroxyl groups is 1. The van der Waals surface area contributed by atoms with Crippen molar-refractivity contribution in [3.8, 4) is 5.75 Å². The Kier molecular flexibility index (Phi) is 4.53. The topological polar surface area (TPSA) is 138 Å². The summed E-state index contributed by atoms with van der Waals surface area (Å²) in [5, 5.41) is 21.9. The zero-order valence-corrected chi connectivity index (χ0v) is 13.7. The minimum Gasteiger partial charge on any atom is -0.508 e. The van der Waals surface area contributed by atoms with Crippen LogP contribution in [0.1, 0.15) is 15.9 Å². The summed E-state index contributed by atoms with van der Waals surface area (Å²) in [5.41, 5.74) is 12.1. The third-order valence-corrected chi connectivity index (χ3v) is 3.74. The second kappa shape index (κ2) is 6.94. The lowest BCUT2D eigenvalue weighted by Gasteiger charge is -2.08. The van der Waals surface area contributed by atoms with Crippen molar-refractivity contribution in [3.05, 3.63) is 71.8 Å². The number of nitrogens with one attached hydrogen (secondary N) is 2. The number of hydrogen-bond acceptors (Lipinski definition) is 4. The molecule has 0 aromatic heterocycles. The lowest BCUT2D eigenvalue weighted by atomic mass is 10.1. The number of aliphatic imine (C=N–C) groups is 1. The zero-order valence-electron chi connectivity index (χ0n) is 13.7. The van der Waals surface area contributed by atoms with Gasteiger partial charge >= 0.3 is 0 Å². The van der Waals surface area contributed by atoms with E-state index in [4.69, 9.17) is 16.9 Å². The van der Waals surface area contributed by atoms with Crippen LogP contribution in [-0.2, 0) is 0 Å². The van der Waals surface area contributed by atoms with E-state index in [1.165, 1.54) is 0 Å². The molecule has 3 aromatic rings. The Morgan fingerprint density at radius 1 is 0.923 bits per heavy atom. The molecule has 0 fully saturated rings. The fraction of sp³-hybridized carbons (Fsp3) is 0. The molecule has 3 rings (SSSR count). The minimum absolute atomic E-state index is 0.0155. The van der Waals surface area contributed by atoms with Crippen molar-refractivity contribution < 1.29 is 9.90 Å². The van der Waals surface area contributed by atoms with Gasteiger partial charge in [-0.15, -0.1) is 0 Å². The van der Waals surface area contributed by atoms with Gasteiger partial charge in [-0.05, 0) is 53.2 Å². The molecule has 0 bridgehead atoms. The van der Waals surface area contributed by atoms with Crippen molar-refractivity contribution in [1.29, 1.82) is 5.41 Å². The summed E-state index contributed by atoms with van der Waals surface area (Å²) < 4.78 is 0. The molecule has 0 aliphatic carbocycles. The number of hydrogen-bond donors (Lipinski definition) is 5. The van der Waals surface area contributed by atoms with E-state index in [0.717, 1.165) is 10.8 Å². The first-order chi connectivity index (χ1) is 12.4. The van der Waals surface area contributed by atoms with E-state index < -0.39 is 5.91 Å². The Labute approximate surface area is 149 Å². The number of amides is 1. The highest BCUT2D eigenvalue weighted by molar-refractivity contribution is 6.12. The Balaban J connectivity index is 1.75. The number of carbonyl (C=O) groups is 1. The highest BCUT2D eigenvalue weighted by Crippen LogP contribution is 2.21. The number of phenols is 1. The van der Waals surface area contributed by atoms with E-state index in [2.05, 4.69) is 10.3 Å². The third-order valence-electron chi connectivity index (χ3n) is 3.74. The van der Waals surface area contributed by atoms with E-state index in [1.54, 1.807) is 60.7 Å². The maximum Gasteiger partial charge on any atom is 0.256 e. The summed E-state index contributed by atoms with van der Waals surface area (Å²) in [6.07, 6.45) is 0. The second-order valence-corrected chi connectivity index (χ2v) is 5.66. The average molecular weight is 347 g/mol. The first-order valence-electron chi connectivity index (χ1n) is 7.75. The fourth-order valence-electron chi connectivity index (χ4n) is 2.48. The first kappa shape index (κ1) is 17.0. The summed E-state index contributed by atoms with van der Waals surface area (Å²) in [6.45, 7) is 0. The number of phenolic OH excluding ortho intramolecular Hbond substituents is 1. The Bertz CT molecular complexity index is 1020. The Hall–Kier alpha value is -3.87. The molecule has 0 aliphatic heterocycles. The Morgan fingerprint density at radius 2 is 1.54 bits per heavy atom. The van der Waals surface area contributed by atoms with Crippen LogP contribution in [0.3, 0.4) is 0 Å². The molecule has 0 aliphatic rings. The number of carbonyl (C=O) groups excluding carboxylic acids is 1. The van der Waals surface area contributed by atoms with Gasteiger partial charge in [0.15, 0.2) is 5.96 Å². The smallest absolute Gasteiger partial charge is 0.256 e. The van der Waals surface area contributed by atoms with E-state index in [1.807, 2.05) is 0 Å². The molecule has 0 radical (unpaired) electrons. The van der Waals surface area contributed by atoms with E-state index in [-0.39, 0.29) is 17.5 Å². The summed E-state index contributed by atoms with van der Waals surface area (Å²) in [5.74, 6) is -0.304. The van der Waals surface area contributed by atoms with E-state index in [0.29, 0.717) is 16.8 Å². The molecule has 0 unspecified atom stereocenters. The van der Waals surface area contributed by atoms with Gasteiger partial charge in [0.25, 0.3) is 5.91 Å². The molecule has 130 valence electrons. The molecule has 1 amide bonds. The summed E-state index contributed by atoms with van der Waals surface area (Å²) >= 11 is 0. The number of fused-ring (bicyclic) bond motifs is 1. The number of guanidine groups is 1. The molecule has 7 heteroatoms. The van der Waals surface area contributed by atoms with Gasteiger partial charge in [0, 0.05) is 11.1 Å². The van der Waals surface area contributed by atoms with Crippen molar-refractivity contribution >= 4 is 34.2 Å². The number of nitrogens with zero attached hydrogens (tertiary/aromatic N) is 1. The van der Waals surface area contributed by atoms with Crippen LogP contribution >= 0.6 is 0 Å². The maximum atomic E-state index is 12.3. The van der Waals surface area contributed by atoms with E-state index >= 15 is 0 Å². The second-order valence-electron chi connectivity index (χ2n) is 5.66. The number of amidine groups is 1. The monoisotopic (exact) mass is 347 g/mol. The molecule has 3 aromatic carbocycles. The standard InChI is InChI=1S/C19H17N5O2/c20-17(14-2-1-13-10-16(25)8-5-12(13)9-14)24-18(26)11-3-6-15(7-4-11)23-19(21)22/h1-10,25H,(H2,20,24,26)(H4,21,22,23). The third kappa shape index (κ3) is 3.78. The van der Waals surface area contributed by atoms with Gasteiger partial charge in [-0.3, -0.25) is 10.2 Å². The van der Waals surface area contributed by atoms with Gasteiger partial charge in [-0.2, -0.15) is 0 Å². The predicted molar refractivity (Wildman–Crippen MR) is 102 cm³/mol. The summed E-state index contributed by atoms with van der Waals surface area (Å²) in [7, 11) is 0. The van der Waals surface area contributed by atoms with Crippen LogP contribution < -0.4 is 16.8 Å². The van der Waals surface area contributed by atoms with Crippen LogP contribution in [0.2, 0.25) is 0 Å². The van der Waals surface area contributed by atoms with Crippen molar-refractivity contribution in [2.75, 3.05) is 0 Å². The highest BCUT2D eigenvalue weighted by atomic mass is 16.3. The van der Waals surface area contributed by atoms with Crippen LogP contribution in [-0.4, -0.2) is 22.8 Å². The van der Waals surface area contributed by atoms with Gasteiger partial charge in [0.2, 0.25) is 0 Å². The number of benzene rings is 3. The Morgan fingerprint density at radius 3 is 2.23 bits per heavy atom. The van der Waals surface area contributed by atoms with Crippen molar-refractivity contribution in [2.45, 2.75) is 0 Å². The fourth-order valence-corrected chi connectivity index (χ4v) is 2.48. The molecule has 7 nitrogen and oxygen atoms in total. The van der Waals surface area contributed by atoms with Gasteiger partial charge in [0.05, 0.1) is 5.69 Å². The largest absolute Gasteiger partial charge is 0.508 e. The quantitative estimate of drug-likeness (QED) is 0.366. The SMILES string of the molecule is N=C(NC(=O)c1ccc(N=C(N)N)cc1)c1ccc2cc(O)ccc2c1. The summed E-state index contributed by atoms with van der Waals surface area (Å²) in [6, 6.07) is 16.6. The number of rotatable bonds is 3. The molecule has 0 spiro atoms. The maximum absolute atomic E-state index is 12.3. The molecule has 0 heterocycles. The molecule has 26 heavy (non-hydrogen) atoms. The van der Waals surface area contributed by atoms with Crippen LogP contribution in [0.4, 0.5) is 5.69 Å². The van der Waals surface area contributed by atoms with Crippen molar-refractivity contribution in [3.63, 3.8) is 0 Å². The van der Waals surface area contributed by atoms with Gasteiger partial charge in [-0.1, -0.05) is 18.2 Å². The zero-order chi connectivity index (χ0) is 18.7. The predicted octanol–water partition coefficient (Wildman–Crippen LogP) is 2.21. The average Bonchev–Trinajstić information content (AvgIpc) is 2.61. The van der Waals surface area contributed by atoms with Gasteiger partial charge < -0.3 is 21.9 Å². The van der Waals surface area contributed by atoms with Crippen LogP contribution in [0, 0.1) is 5.41 Å². The molecular formula is C19H17N5O2. The molecule has 7 N–H and O–H groups in total. The lowest BCUT2D eigenvalue weighted by Crippen LogP contribution is -2.30. The minimum atomic E-state index is -0.406. The normalized spacial score (nSPS) is 10.3.